The summed E-state index contributed by atoms with van der Waals surface area (Å²) < 4.78 is 8.15. The summed E-state index contributed by atoms with van der Waals surface area (Å²) in [6.45, 7) is 0.860. The first-order chi connectivity index (χ1) is 8.81. The average Bonchev–Trinajstić information content (AvgIpc) is 2.88. The number of thioether (sulfide) groups is 1. The molecule has 0 aromatic carbocycles. The minimum Gasteiger partial charge on any atom is -0.375 e. The third-order valence-electron chi connectivity index (χ3n) is 3.94. The molecule has 2 aliphatic heterocycles. The molecule has 1 spiro atoms. The number of nitrogens with zero attached hydrogens (tertiary/aromatic N) is 3. The quantitative estimate of drug-likeness (QED) is 0.781. The van der Waals surface area contributed by atoms with Crippen LogP contribution in [0.1, 0.15) is 37.4 Å². The van der Waals surface area contributed by atoms with Crippen LogP contribution in [0.5, 0.6) is 0 Å². The second kappa shape index (κ2) is 5.51. The van der Waals surface area contributed by atoms with E-state index in [1.165, 1.54) is 24.3 Å². The van der Waals surface area contributed by atoms with E-state index in [0.717, 1.165) is 30.5 Å². The maximum Gasteiger partial charge on any atom is 0.0932 e. The number of ether oxygens (including phenoxy) is 1. The third-order valence-corrected chi connectivity index (χ3v) is 5.50. The van der Waals surface area contributed by atoms with Crippen LogP contribution in [0.3, 0.4) is 0 Å². The van der Waals surface area contributed by atoms with Crippen molar-refractivity contribution in [3.63, 3.8) is 0 Å². The zero-order chi connectivity index (χ0) is 12.4. The average molecular weight is 332 g/mol. The van der Waals surface area contributed by atoms with Crippen molar-refractivity contribution in [1.29, 1.82) is 0 Å². The van der Waals surface area contributed by atoms with E-state index in [4.69, 9.17) is 4.74 Å². The Morgan fingerprint density at radius 2 is 2.33 bits per heavy atom. The molecule has 0 saturated carbocycles. The van der Waals surface area contributed by atoms with Gasteiger partial charge in [0, 0.05) is 18.1 Å². The van der Waals surface area contributed by atoms with Crippen molar-refractivity contribution in [3.8, 4) is 0 Å². The lowest BCUT2D eigenvalue weighted by atomic mass is 9.85. The van der Waals surface area contributed by atoms with E-state index < -0.39 is 0 Å². The van der Waals surface area contributed by atoms with Gasteiger partial charge in [-0.2, -0.15) is 11.8 Å². The largest absolute Gasteiger partial charge is 0.375 e. The molecule has 1 aromatic rings. The zero-order valence-electron chi connectivity index (χ0n) is 10.3. The first-order valence-electron chi connectivity index (χ1n) is 6.50. The summed E-state index contributed by atoms with van der Waals surface area (Å²) in [5.74, 6) is 2.47. The number of rotatable bonds is 2. The standard InChI is InChI=1S/C12H18BrN3OS/c13-8-10-9-16(15-14-10)11-1-4-17-12(7-11)2-5-18-6-3-12/h9,11H,1-8H2. The first kappa shape index (κ1) is 12.9. The minimum atomic E-state index is 0.120. The Labute approximate surface area is 120 Å². The second-order valence-electron chi connectivity index (χ2n) is 5.11. The van der Waals surface area contributed by atoms with Gasteiger partial charge in [0.2, 0.25) is 0 Å². The van der Waals surface area contributed by atoms with E-state index >= 15 is 0 Å². The Morgan fingerprint density at radius 3 is 3.06 bits per heavy atom. The molecule has 3 heterocycles. The highest BCUT2D eigenvalue weighted by Gasteiger charge is 2.39. The molecular formula is C12H18BrN3OS. The van der Waals surface area contributed by atoms with Crippen LogP contribution in [0, 0.1) is 0 Å². The van der Waals surface area contributed by atoms with Gasteiger partial charge >= 0.3 is 0 Å². The fourth-order valence-corrected chi connectivity index (χ4v) is 4.37. The van der Waals surface area contributed by atoms with Crippen molar-refractivity contribution in [3.05, 3.63) is 11.9 Å². The summed E-state index contributed by atoms with van der Waals surface area (Å²) in [4.78, 5) is 0. The highest BCUT2D eigenvalue weighted by Crippen LogP contribution is 2.41. The number of aromatic nitrogens is 3. The van der Waals surface area contributed by atoms with Crippen molar-refractivity contribution in [1.82, 2.24) is 15.0 Å². The molecule has 18 heavy (non-hydrogen) atoms. The van der Waals surface area contributed by atoms with Gasteiger partial charge < -0.3 is 4.74 Å². The fourth-order valence-electron chi connectivity index (χ4n) is 2.87. The number of hydrogen-bond acceptors (Lipinski definition) is 4. The minimum absolute atomic E-state index is 0.120. The maximum atomic E-state index is 6.11. The summed E-state index contributed by atoms with van der Waals surface area (Å²) in [5, 5.41) is 9.20. The molecule has 0 radical (unpaired) electrons. The normalized spacial score (nSPS) is 27.5. The number of alkyl halides is 1. The van der Waals surface area contributed by atoms with E-state index in [2.05, 4.69) is 32.4 Å². The molecule has 1 aromatic heterocycles. The predicted octanol–water partition coefficient (Wildman–Crippen LogP) is 2.79. The van der Waals surface area contributed by atoms with Gasteiger partial charge in [-0.25, -0.2) is 4.68 Å². The molecule has 3 rings (SSSR count). The Morgan fingerprint density at radius 1 is 1.50 bits per heavy atom. The monoisotopic (exact) mass is 331 g/mol. The molecule has 2 fully saturated rings. The van der Waals surface area contributed by atoms with E-state index in [9.17, 15) is 0 Å². The van der Waals surface area contributed by atoms with Gasteiger partial charge in [-0.15, -0.1) is 5.10 Å². The summed E-state index contributed by atoms with van der Waals surface area (Å²) >= 11 is 5.47. The SMILES string of the molecule is BrCc1cn(C2CCOC3(CCSCC3)C2)nn1. The van der Waals surface area contributed by atoms with Crippen LogP contribution in [-0.2, 0) is 10.1 Å². The Bertz CT molecular complexity index is 400. The van der Waals surface area contributed by atoms with Crippen LogP contribution in [0.2, 0.25) is 0 Å². The van der Waals surface area contributed by atoms with Crippen LogP contribution < -0.4 is 0 Å². The summed E-state index contributed by atoms with van der Waals surface area (Å²) in [6, 6.07) is 0.460. The van der Waals surface area contributed by atoms with Gasteiger partial charge in [0.05, 0.1) is 17.3 Å². The molecular weight excluding hydrogens is 314 g/mol. The molecule has 1 atom stereocenters. The van der Waals surface area contributed by atoms with Gasteiger partial charge in [0.25, 0.3) is 0 Å². The highest BCUT2D eigenvalue weighted by molar-refractivity contribution is 9.08. The number of hydrogen-bond donors (Lipinski definition) is 0. The van der Waals surface area contributed by atoms with Crippen molar-refractivity contribution < 1.29 is 4.74 Å². The predicted molar refractivity (Wildman–Crippen MR) is 76.2 cm³/mol. The molecule has 2 saturated heterocycles. The van der Waals surface area contributed by atoms with Crippen molar-refractivity contribution in [2.75, 3.05) is 18.1 Å². The van der Waals surface area contributed by atoms with Crippen LogP contribution in [0.25, 0.3) is 0 Å². The Balaban J connectivity index is 1.73. The highest BCUT2D eigenvalue weighted by atomic mass is 79.9. The van der Waals surface area contributed by atoms with E-state index in [-0.39, 0.29) is 5.60 Å². The van der Waals surface area contributed by atoms with Gasteiger partial charge in [-0.1, -0.05) is 21.1 Å². The van der Waals surface area contributed by atoms with Gasteiger partial charge in [0.15, 0.2) is 0 Å². The zero-order valence-corrected chi connectivity index (χ0v) is 12.8. The van der Waals surface area contributed by atoms with Crippen LogP contribution in [0.15, 0.2) is 6.20 Å². The van der Waals surface area contributed by atoms with Gasteiger partial charge in [-0.3, -0.25) is 0 Å². The molecule has 0 N–H and O–H groups in total. The van der Waals surface area contributed by atoms with Gasteiger partial charge in [-0.05, 0) is 37.2 Å². The van der Waals surface area contributed by atoms with E-state index in [1.54, 1.807) is 0 Å². The molecule has 0 amide bonds. The van der Waals surface area contributed by atoms with E-state index in [1.807, 2.05) is 16.4 Å². The van der Waals surface area contributed by atoms with Crippen molar-refractivity contribution in [2.45, 2.75) is 42.7 Å². The molecule has 0 bridgehead atoms. The lowest BCUT2D eigenvalue weighted by Crippen LogP contribution is -2.43. The Hall–Kier alpha value is -0.0700. The molecule has 2 aliphatic rings. The molecule has 0 aliphatic carbocycles. The third kappa shape index (κ3) is 2.60. The van der Waals surface area contributed by atoms with Crippen LogP contribution in [0.4, 0.5) is 0 Å². The summed E-state index contributed by atoms with van der Waals surface area (Å²) in [7, 11) is 0. The van der Waals surface area contributed by atoms with Crippen LogP contribution >= 0.6 is 27.7 Å². The molecule has 100 valence electrons. The first-order valence-corrected chi connectivity index (χ1v) is 8.77. The molecule has 1 unspecified atom stereocenters. The second-order valence-corrected chi connectivity index (χ2v) is 6.90. The van der Waals surface area contributed by atoms with Gasteiger partial charge in [0.1, 0.15) is 0 Å². The van der Waals surface area contributed by atoms with Crippen LogP contribution in [-0.4, -0.2) is 38.7 Å². The topological polar surface area (TPSA) is 39.9 Å². The summed E-state index contributed by atoms with van der Waals surface area (Å²) in [6.07, 6.45) is 6.59. The lowest BCUT2D eigenvalue weighted by molar-refractivity contribution is -0.100. The molecule has 6 heteroatoms. The lowest BCUT2D eigenvalue weighted by Gasteiger charge is -2.43. The number of halogens is 1. The van der Waals surface area contributed by atoms with Crippen molar-refractivity contribution >= 4 is 27.7 Å². The van der Waals surface area contributed by atoms with E-state index in [0.29, 0.717) is 6.04 Å². The smallest absolute Gasteiger partial charge is 0.0932 e. The fraction of sp³-hybridized carbons (Fsp3) is 0.833. The Kier molecular flexibility index (Phi) is 3.96. The maximum absolute atomic E-state index is 6.11. The van der Waals surface area contributed by atoms with Crippen molar-refractivity contribution in [2.24, 2.45) is 0 Å². The summed E-state index contributed by atoms with van der Waals surface area (Å²) in [5.41, 5.74) is 1.13. The molecule has 4 nitrogen and oxygen atoms in total.